The molecule has 4 aromatic rings. The molecule has 2 amide bonds. The molecular weight excluding hydrogens is 402 g/mol. The summed E-state index contributed by atoms with van der Waals surface area (Å²) in [6.45, 7) is 0.262. The summed E-state index contributed by atoms with van der Waals surface area (Å²) in [5, 5.41) is 11.5. The van der Waals surface area contributed by atoms with Crippen molar-refractivity contribution in [1.82, 2.24) is 20.5 Å². The molecule has 30 heavy (non-hydrogen) atoms. The molecule has 7 nitrogen and oxygen atoms in total. The minimum absolute atomic E-state index is 0.244. The second kappa shape index (κ2) is 8.34. The number of hydrogen-bond acceptors (Lipinski definition) is 4. The van der Waals surface area contributed by atoms with Gasteiger partial charge in [-0.2, -0.15) is 5.10 Å². The summed E-state index contributed by atoms with van der Waals surface area (Å²) < 4.78 is 0. The molecule has 150 valence electrons. The maximum atomic E-state index is 12.6. The molecule has 0 aliphatic rings. The number of aromatic nitrogens is 3. The number of fused-ring (bicyclic) bond motifs is 1. The summed E-state index contributed by atoms with van der Waals surface area (Å²) in [6.07, 6.45) is 3.81. The highest BCUT2D eigenvalue weighted by molar-refractivity contribution is 6.31. The molecule has 0 bridgehead atoms. The molecule has 0 aliphatic heterocycles. The molecule has 0 aliphatic carbocycles. The number of rotatable bonds is 6. The van der Waals surface area contributed by atoms with Crippen LogP contribution in [0, 0.1) is 0 Å². The predicted octanol–water partition coefficient (Wildman–Crippen LogP) is 3.23. The van der Waals surface area contributed by atoms with Crippen LogP contribution in [0.25, 0.3) is 10.9 Å². The number of carbonyl (C=O) groups excluding carboxylic acids is 2. The highest BCUT2D eigenvalue weighted by atomic mass is 35.5. The molecule has 4 rings (SSSR count). The number of aromatic amines is 1. The van der Waals surface area contributed by atoms with E-state index in [1.54, 1.807) is 30.5 Å². The van der Waals surface area contributed by atoms with Crippen molar-refractivity contribution >= 4 is 34.3 Å². The van der Waals surface area contributed by atoms with Crippen LogP contribution in [0.4, 0.5) is 0 Å². The Balaban J connectivity index is 1.44. The Morgan fingerprint density at radius 1 is 1.00 bits per heavy atom. The van der Waals surface area contributed by atoms with E-state index < -0.39 is 5.91 Å². The van der Waals surface area contributed by atoms with Gasteiger partial charge in [0.05, 0.1) is 23.3 Å². The number of hydrogen-bond donors (Lipinski definition) is 3. The van der Waals surface area contributed by atoms with Crippen molar-refractivity contribution in [2.75, 3.05) is 0 Å². The first-order valence-electron chi connectivity index (χ1n) is 9.23. The molecule has 0 unspecified atom stereocenters. The standard InChI is InChI=1S/C22H18ClN5O2/c23-17-5-6-19-18(9-17)20(28-27-19)12-26-22(30)16-8-14(10-25-11-16)7-13-1-3-15(4-2-13)21(24)29/h1-6,8-11H,7,12H2,(H2,24,29)(H,26,30)(H,27,28). The third-order valence-corrected chi connectivity index (χ3v) is 4.96. The van der Waals surface area contributed by atoms with Gasteiger partial charge in [-0.15, -0.1) is 0 Å². The van der Waals surface area contributed by atoms with Gasteiger partial charge in [0.15, 0.2) is 0 Å². The molecule has 0 saturated carbocycles. The van der Waals surface area contributed by atoms with Gasteiger partial charge in [0, 0.05) is 28.4 Å². The highest BCUT2D eigenvalue weighted by Gasteiger charge is 2.11. The van der Waals surface area contributed by atoms with Crippen LogP contribution >= 0.6 is 11.6 Å². The third-order valence-electron chi connectivity index (χ3n) is 4.72. The number of nitrogens with two attached hydrogens (primary N) is 1. The van der Waals surface area contributed by atoms with Crippen molar-refractivity contribution in [3.8, 4) is 0 Å². The molecule has 0 saturated heterocycles. The Morgan fingerprint density at radius 2 is 1.80 bits per heavy atom. The van der Waals surface area contributed by atoms with E-state index in [1.807, 2.05) is 24.3 Å². The van der Waals surface area contributed by atoms with Gasteiger partial charge in [-0.3, -0.25) is 19.7 Å². The van der Waals surface area contributed by atoms with E-state index in [1.165, 1.54) is 6.20 Å². The Kier molecular flexibility index (Phi) is 5.45. The van der Waals surface area contributed by atoms with Crippen LogP contribution in [-0.2, 0) is 13.0 Å². The van der Waals surface area contributed by atoms with Gasteiger partial charge in [-0.1, -0.05) is 23.7 Å². The second-order valence-corrected chi connectivity index (χ2v) is 7.30. The van der Waals surface area contributed by atoms with E-state index >= 15 is 0 Å². The van der Waals surface area contributed by atoms with Gasteiger partial charge in [-0.05, 0) is 53.9 Å². The fraction of sp³-hybridized carbons (Fsp3) is 0.0909. The van der Waals surface area contributed by atoms with Gasteiger partial charge in [0.1, 0.15) is 0 Å². The molecule has 2 aromatic heterocycles. The lowest BCUT2D eigenvalue weighted by molar-refractivity contribution is 0.0949. The number of H-pyrrole nitrogens is 1. The molecular formula is C22H18ClN5O2. The summed E-state index contributed by atoms with van der Waals surface area (Å²) in [6, 6.07) is 14.3. The first-order chi connectivity index (χ1) is 14.5. The van der Waals surface area contributed by atoms with Crippen LogP contribution < -0.4 is 11.1 Å². The predicted molar refractivity (Wildman–Crippen MR) is 114 cm³/mol. The molecule has 0 radical (unpaired) electrons. The lowest BCUT2D eigenvalue weighted by Gasteiger charge is -2.07. The number of primary amides is 1. The topological polar surface area (TPSA) is 114 Å². The van der Waals surface area contributed by atoms with Crippen LogP contribution in [0.3, 0.4) is 0 Å². The smallest absolute Gasteiger partial charge is 0.253 e. The number of halogens is 1. The number of amides is 2. The highest BCUT2D eigenvalue weighted by Crippen LogP contribution is 2.20. The molecule has 8 heteroatoms. The van der Waals surface area contributed by atoms with Crippen LogP contribution in [0.1, 0.15) is 37.5 Å². The average molecular weight is 420 g/mol. The van der Waals surface area contributed by atoms with Gasteiger partial charge >= 0.3 is 0 Å². The number of carbonyl (C=O) groups is 2. The quantitative estimate of drug-likeness (QED) is 0.445. The van der Waals surface area contributed by atoms with Gasteiger partial charge < -0.3 is 11.1 Å². The zero-order valence-corrected chi connectivity index (χ0v) is 16.6. The molecule has 2 aromatic carbocycles. The minimum atomic E-state index is -0.464. The van der Waals surface area contributed by atoms with Crippen LogP contribution in [0.2, 0.25) is 5.02 Å². The van der Waals surface area contributed by atoms with E-state index in [-0.39, 0.29) is 12.5 Å². The Labute approximate surface area is 177 Å². The van der Waals surface area contributed by atoms with Gasteiger partial charge in [0.25, 0.3) is 5.91 Å². The van der Waals surface area contributed by atoms with Crippen LogP contribution in [0.5, 0.6) is 0 Å². The normalized spacial score (nSPS) is 10.8. The summed E-state index contributed by atoms with van der Waals surface area (Å²) >= 11 is 6.05. The summed E-state index contributed by atoms with van der Waals surface area (Å²) in [7, 11) is 0. The van der Waals surface area contributed by atoms with Crippen molar-refractivity contribution in [3.63, 3.8) is 0 Å². The van der Waals surface area contributed by atoms with Gasteiger partial charge in [-0.25, -0.2) is 0 Å². The maximum Gasteiger partial charge on any atom is 0.253 e. The zero-order chi connectivity index (χ0) is 21.1. The Morgan fingerprint density at radius 3 is 2.57 bits per heavy atom. The lowest BCUT2D eigenvalue weighted by Crippen LogP contribution is -2.23. The summed E-state index contributed by atoms with van der Waals surface area (Å²) in [5.74, 6) is -0.708. The van der Waals surface area contributed by atoms with E-state index in [0.717, 1.165) is 22.0 Å². The minimum Gasteiger partial charge on any atom is -0.366 e. The second-order valence-electron chi connectivity index (χ2n) is 6.86. The van der Waals surface area contributed by atoms with E-state index in [4.69, 9.17) is 17.3 Å². The lowest BCUT2D eigenvalue weighted by atomic mass is 10.0. The van der Waals surface area contributed by atoms with Crippen LogP contribution in [0.15, 0.2) is 60.9 Å². The van der Waals surface area contributed by atoms with E-state index in [0.29, 0.717) is 28.3 Å². The maximum absolute atomic E-state index is 12.6. The van der Waals surface area contributed by atoms with E-state index in [9.17, 15) is 9.59 Å². The van der Waals surface area contributed by atoms with Gasteiger partial charge in [0.2, 0.25) is 5.91 Å². The first kappa shape index (κ1) is 19.6. The fourth-order valence-corrected chi connectivity index (χ4v) is 3.34. The molecule has 0 spiro atoms. The Hall–Kier alpha value is -3.71. The summed E-state index contributed by atoms with van der Waals surface area (Å²) in [4.78, 5) is 28.0. The number of nitrogens with zero attached hydrogens (tertiary/aromatic N) is 2. The first-order valence-corrected chi connectivity index (χ1v) is 9.61. The van der Waals surface area contributed by atoms with Crippen molar-refractivity contribution in [2.45, 2.75) is 13.0 Å². The Bertz CT molecular complexity index is 1230. The largest absolute Gasteiger partial charge is 0.366 e. The third kappa shape index (κ3) is 4.31. The molecule has 4 N–H and O–H groups in total. The monoisotopic (exact) mass is 419 g/mol. The van der Waals surface area contributed by atoms with Crippen molar-refractivity contribution in [1.29, 1.82) is 0 Å². The van der Waals surface area contributed by atoms with Crippen molar-refractivity contribution in [3.05, 3.63) is 93.9 Å². The number of benzene rings is 2. The molecule has 0 atom stereocenters. The number of nitrogens with one attached hydrogen (secondary N) is 2. The van der Waals surface area contributed by atoms with Crippen molar-refractivity contribution < 1.29 is 9.59 Å². The zero-order valence-electron chi connectivity index (χ0n) is 15.9. The fourth-order valence-electron chi connectivity index (χ4n) is 3.17. The average Bonchev–Trinajstić information content (AvgIpc) is 3.14. The number of pyridine rings is 1. The molecule has 2 heterocycles. The van der Waals surface area contributed by atoms with E-state index in [2.05, 4.69) is 20.5 Å². The summed E-state index contributed by atoms with van der Waals surface area (Å²) in [5.41, 5.74) is 9.61. The SMILES string of the molecule is NC(=O)c1ccc(Cc2cncc(C(=O)NCc3n[nH]c4ccc(Cl)cc34)c2)cc1. The van der Waals surface area contributed by atoms with Crippen molar-refractivity contribution in [2.24, 2.45) is 5.73 Å². The molecule has 0 fully saturated rings. The van der Waals surface area contributed by atoms with Crippen LogP contribution in [-0.4, -0.2) is 27.0 Å².